The first-order valence-corrected chi connectivity index (χ1v) is 7.41. The van der Waals surface area contributed by atoms with Crippen molar-refractivity contribution in [2.75, 3.05) is 6.54 Å². The van der Waals surface area contributed by atoms with Crippen LogP contribution in [0.1, 0.15) is 51.9 Å². The number of imide groups is 1. The van der Waals surface area contributed by atoms with E-state index in [4.69, 9.17) is 0 Å². The molecule has 2 aliphatic rings. The van der Waals surface area contributed by atoms with Crippen LogP contribution in [0, 0.1) is 0 Å². The molecule has 2 rings (SSSR count). The van der Waals surface area contributed by atoms with Crippen LogP contribution < -0.4 is 5.32 Å². The largest absolute Gasteiger partial charge is 0.392 e. The van der Waals surface area contributed by atoms with Crippen LogP contribution in [0.4, 0.5) is 0 Å². The van der Waals surface area contributed by atoms with Gasteiger partial charge in [-0.15, -0.1) is 0 Å². The van der Waals surface area contributed by atoms with Crippen molar-refractivity contribution < 1.29 is 14.7 Å². The van der Waals surface area contributed by atoms with Crippen LogP contribution in [-0.2, 0) is 9.59 Å². The fraction of sp³-hybridized carbons (Fsp3) is 0.857. The number of likely N-dealkylation sites (tertiary alicyclic amines) is 1. The summed E-state index contributed by atoms with van der Waals surface area (Å²) in [6, 6.07) is -0.484. The minimum atomic E-state index is -0.434. The summed E-state index contributed by atoms with van der Waals surface area (Å²) in [6.07, 6.45) is 5.54. The zero-order valence-corrected chi connectivity index (χ0v) is 11.6. The predicted molar refractivity (Wildman–Crippen MR) is 71.4 cm³/mol. The van der Waals surface area contributed by atoms with Gasteiger partial charge >= 0.3 is 0 Å². The Kier molecular flexibility index (Phi) is 4.93. The molecule has 2 amide bonds. The molecule has 5 nitrogen and oxygen atoms in total. The van der Waals surface area contributed by atoms with Gasteiger partial charge in [-0.25, -0.2) is 0 Å². The number of aliphatic hydroxyl groups is 1. The van der Waals surface area contributed by atoms with Crippen molar-refractivity contribution in [3.8, 4) is 0 Å². The van der Waals surface area contributed by atoms with Gasteiger partial charge in [0.1, 0.15) is 0 Å². The first kappa shape index (κ1) is 14.5. The number of carbonyl (C=O) groups is 2. The van der Waals surface area contributed by atoms with Crippen molar-refractivity contribution in [1.29, 1.82) is 0 Å². The number of carbonyl (C=O) groups excluding carboxylic acids is 2. The van der Waals surface area contributed by atoms with Gasteiger partial charge in [-0.3, -0.25) is 14.5 Å². The van der Waals surface area contributed by atoms with E-state index in [0.717, 1.165) is 38.5 Å². The van der Waals surface area contributed by atoms with E-state index in [0.29, 0.717) is 6.54 Å². The minimum absolute atomic E-state index is 0.0502. The van der Waals surface area contributed by atoms with E-state index in [1.807, 2.05) is 6.92 Å². The van der Waals surface area contributed by atoms with Crippen LogP contribution in [0.2, 0.25) is 0 Å². The Morgan fingerprint density at radius 3 is 2.74 bits per heavy atom. The van der Waals surface area contributed by atoms with Gasteiger partial charge in [-0.2, -0.15) is 0 Å². The molecule has 108 valence electrons. The third-order valence-electron chi connectivity index (χ3n) is 4.09. The fourth-order valence-corrected chi connectivity index (χ4v) is 3.01. The highest BCUT2D eigenvalue weighted by Crippen LogP contribution is 2.21. The molecule has 1 saturated carbocycles. The molecule has 19 heavy (non-hydrogen) atoms. The molecular formula is C14H24N2O3. The van der Waals surface area contributed by atoms with E-state index >= 15 is 0 Å². The second kappa shape index (κ2) is 6.48. The van der Waals surface area contributed by atoms with Crippen molar-refractivity contribution in [2.24, 2.45) is 0 Å². The zero-order chi connectivity index (χ0) is 13.8. The van der Waals surface area contributed by atoms with Crippen LogP contribution in [0.3, 0.4) is 0 Å². The molecule has 5 heteroatoms. The lowest BCUT2D eigenvalue weighted by Crippen LogP contribution is -2.48. The second-order valence-corrected chi connectivity index (χ2v) is 5.62. The number of nitrogens with one attached hydrogen (secondary N) is 1. The van der Waals surface area contributed by atoms with Crippen molar-refractivity contribution >= 4 is 11.8 Å². The van der Waals surface area contributed by atoms with Crippen LogP contribution in [0.15, 0.2) is 0 Å². The number of nitrogens with zero attached hydrogens (tertiary/aromatic N) is 1. The lowest BCUT2D eigenvalue weighted by atomic mass is 10.0. The van der Waals surface area contributed by atoms with Crippen LogP contribution in [0.25, 0.3) is 0 Å². The van der Waals surface area contributed by atoms with E-state index in [-0.39, 0.29) is 24.3 Å². The van der Waals surface area contributed by atoms with Crippen LogP contribution >= 0.6 is 0 Å². The molecule has 0 bridgehead atoms. The Balaban J connectivity index is 1.95. The third kappa shape index (κ3) is 3.34. The lowest BCUT2D eigenvalue weighted by molar-refractivity contribution is -0.138. The number of aliphatic hydroxyl groups excluding tert-OH is 1. The molecule has 1 aliphatic heterocycles. The average Bonchev–Trinajstić information content (AvgIpc) is 2.55. The molecular weight excluding hydrogens is 244 g/mol. The van der Waals surface area contributed by atoms with Crippen LogP contribution in [0.5, 0.6) is 0 Å². The number of hydrogen-bond acceptors (Lipinski definition) is 4. The standard InChI is InChI=1S/C14H24N2O3/c1-2-8-16-13(18)9-11(14(16)19)15-10-6-4-3-5-7-12(10)17/h10-12,15,17H,2-9H2,1H3. The summed E-state index contributed by atoms with van der Waals surface area (Å²) in [6.45, 7) is 2.46. The van der Waals surface area contributed by atoms with Crippen molar-refractivity contribution in [2.45, 2.75) is 70.1 Å². The van der Waals surface area contributed by atoms with Gasteiger partial charge in [0.15, 0.2) is 0 Å². The molecule has 3 atom stereocenters. The SMILES string of the molecule is CCCN1C(=O)CC(NC2CCCCCC2O)C1=O. The van der Waals surface area contributed by atoms with E-state index in [1.54, 1.807) is 0 Å². The molecule has 1 saturated heterocycles. The smallest absolute Gasteiger partial charge is 0.246 e. The topological polar surface area (TPSA) is 69.6 Å². The van der Waals surface area contributed by atoms with Gasteiger partial charge in [0, 0.05) is 12.6 Å². The summed E-state index contributed by atoms with van der Waals surface area (Å²) in [5.41, 5.74) is 0. The second-order valence-electron chi connectivity index (χ2n) is 5.62. The van der Waals surface area contributed by atoms with Gasteiger partial charge in [0.25, 0.3) is 0 Å². The third-order valence-corrected chi connectivity index (χ3v) is 4.09. The summed E-state index contributed by atoms with van der Waals surface area (Å²) >= 11 is 0. The molecule has 1 heterocycles. The summed E-state index contributed by atoms with van der Waals surface area (Å²) in [4.78, 5) is 25.3. The highest BCUT2D eigenvalue weighted by molar-refractivity contribution is 6.05. The van der Waals surface area contributed by atoms with Crippen molar-refractivity contribution in [3.63, 3.8) is 0 Å². The van der Waals surface area contributed by atoms with Gasteiger partial charge in [-0.05, 0) is 19.3 Å². The van der Waals surface area contributed by atoms with E-state index < -0.39 is 12.1 Å². The fourth-order valence-electron chi connectivity index (χ4n) is 3.01. The summed E-state index contributed by atoms with van der Waals surface area (Å²) in [5.74, 6) is -0.212. The lowest BCUT2D eigenvalue weighted by Gasteiger charge is -2.24. The summed E-state index contributed by atoms with van der Waals surface area (Å²) in [7, 11) is 0. The molecule has 0 spiro atoms. The van der Waals surface area contributed by atoms with Gasteiger partial charge in [0.05, 0.1) is 18.6 Å². The number of hydrogen-bond donors (Lipinski definition) is 2. The Labute approximate surface area is 114 Å². The molecule has 3 unspecified atom stereocenters. The molecule has 0 radical (unpaired) electrons. The number of rotatable bonds is 4. The maximum absolute atomic E-state index is 12.1. The van der Waals surface area contributed by atoms with Crippen molar-refractivity contribution in [3.05, 3.63) is 0 Å². The van der Waals surface area contributed by atoms with E-state index in [2.05, 4.69) is 5.32 Å². The Bertz CT molecular complexity index is 346. The maximum atomic E-state index is 12.1. The monoisotopic (exact) mass is 268 g/mol. The van der Waals surface area contributed by atoms with Gasteiger partial charge < -0.3 is 10.4 Å². The Hall–Kier alpha value is -0.940. The normalized spacial score (nSPS) is 32.7. The van der Waals surface area contributed by atoms with Gasteiger partial charge in [-0.1, -0.05) is 26.2 Å². The molecule has 1 aliphatic carbocycles. The maximum Gasteiger partial charge on any atom is 0.246 e. The molecule has 2 fully saturated rings. The Morgan fingerprint density at radius 2 is 2.00 bits per heavy atom. The summed E-state index contributed by atoms with van der Waals surface area (Å²) < 4.78 is 0. The first-order valence-electron chi connectivity index (χ1n) is 7.41. The van der Waals surface area contributed by atoms with Crippen molar-refractivity contribution in [1.82, 2.24) is 10.2 Å². The predicted octanol–water partition coefficient (Wildman–Crippen LogP) is 0.807. The quantitative estimate of drug-likeness (QED) is 0.585. The van der Waals surface area contributed by atoms with E-state index in [1.165, 1.54) is 4.90 Å². The van der Waals surface area contributed by atoms with E-state index in [9.17, 15) is 14.7 Å². The molecule has 0 aromatic carbocycles. The summed E-state index contributed by atoms with van der Waals surface area (Å²) in [5, 5.41) is 13.3. The van der Waals surface area contributed by atoms with Gasteiger partial charge in [0.2, 0.25) is 11.8 Å². The Morgan fingerprint density at radius 1 is 1.26 bits per heavy atom. The highest BCUT2D eigenvalue weighted by Gasteiger charge is 2.39. The molecule has 0 aromatic rings. The first-order chi connectivity index (χ1) is 9.13. The average molecular weight is 268 g/mol. The minimum Gasteiger partial charge on any atom is -0.392 e. The van der Waals surface area contributed by atoms with Crippen LogP contribution in [-0.4, -0.2) is 46.6 Å². The molecule has 0 aromatic heterocycles. The highest BCUT2D eigenvalue weighted by atomic mass is 16.3. The zero-order valence-electron chi connectivity index (χ0n) is 11.6. The molecule has 2 N–H and O–H groups in total. The number of amides is 2.